The number of nitrogens with one attached hydrogen (secondary N) is 2. The molecule has 0 spiro atoms. The lowest BCUT2D eigenvalue weighted by Gasteiger charge is -2.12. The number of imide groups is 1. The number of hydrogen-bond acceptors (Lipinski definition) is 5. The Balaban J connectivity index is 2.30. The molecule has 0 aromatic heterocycles. The molecule has 0 unspecified atom stereocenters. The highest BCUT2D eigenvalue weighted by atomic mass is 35.5. The lowest BCUT2D eigenvalue weighted by molar-refractivity contribution is -0.150. The zero-order valence-corrected chi connectivity index (χ0v) is 14.7. The highest BCUT2D eigenvalue weighted by Gasteiger charge is 2.13. The number of rotatable bonds is 7. The smallest absolute Gasteiger partial charge is 0.344 e. The van der Waals surface area contributed by atoms with Crippen molar-refractivity contribution in [3.63, 3.8) is 0 Å². The van der Waals surface area contributed by atoms with Gasteiger partial charge in [-0.2, -0.15) is 0 Å². The van der Waals surface area contributed by atoms with Gasteiger partial charge in [0.2, 0.25) is 0 Å². The fourth-order valence-corrected chi connectivity index (χ4v) is 1.90. The predicted octanol–water partition coefficient (Wildman–Crippen LogP) is 2.54. The van der Waals surface area contributed by atoms with Gasteiger partial charge in [-0.25, -0.2) is 9.59 Å². The third-order valence-corrected chi connectivity index (χ3v) is 3.38. The summed E-state index contributed by atoms with van der Waals surface area (Å²) in [5, 5.41) is 5.27. The van der Waals surface area contributed by atoms with Gasteiger partial charge in [-0.3, -0.25) is 10.1 Å². The molecule has 2 N–H and O–H groups in total. The van der Waals surface area contributed by atoms with E-state index in [0.717, 1.165) is 6.42 Å². The van der Waals surface area contributed by atoms with Crippen molar-refractivity contribution >= 4 is 41.1 Å². The molecular formula is C15H18Cl2N2O5. The van der Waals surface area contributed by atoms with Crippen molar-refractivity contribution in [3.8, 4) is 5.75 Å². The van der Waals surface area contributed by atoms with Crippen LogP contribution >= 0.6 is 23.2 Å². The van der Waals surface area contributed by atoms with Crippen molar-refractivity contribution in [2.75, 3.05) is 13.2 Å². The molecule has 0 radical (unpaired) electrons. The van der Waals surface area contributed by atoms with Gasteiger partial charge >= 0.3 is 12.0 Å². The van der Waals surface area contributed by atoms with Gasteiger partial charge in [0, 0.05) is 11.1 Å². The number of hydrogen-bond donors (Lipinski definition) is 2. The van der Waals surface area contributed by atoms with Crippen LogP contribution in [0.3, 0.4) is 0 Å². The number of carbonyl (C=O) groups is 3. The first-order chi connectivity index (χ1) is 11.3. The number of halogens is 2. The van der Waals surface area contributed by atoms with Gasteiger partial charge in [-0.15, -0.1) is 0 Å². The SMILES string of the molecule is CC[C@H](C)NC(=O)NC(=O)COC(=O)COc1ccc(Cl)cc1Cl. The molecule has 0 aliphatic rings. The summed E-state index contributed by atoms with van der Waals surface area (Å²) in [6, 6.07) is 3.81. The Bertz CT molecular complexity index is 610. The van der Waals surface area contributed by atoms with Crippen LogP contribution in [0, 0.1) is 0 Å². The van der Waals surface area contributed by atoms with Crippen LogP contribution in [0.1, 0.15) is 20.3 Å². The van der Waals surface area contributed by atoms with E-state index in [1.165, 1.54) is 12.1 Å². The average Bonchev–Trinajstić information content (AvgIpc) is 2.51. The highest BCUT2D eigenvalue weighted by molar-refractivity contribution is 6.35. The number of benzene rings is 1. The summed E-state index contributed by atoms with van der Waals surface area (Å²) in [6.45, 7) is 2.66. The van der Waals surface area contributed by atoms with Crippen LogP contribution in [0.15, 0.2) is 18.2 Å². The number of esters is 1. The van der Waals surface area contributed by atoms with E-state index in [4.69, 9.17) is 32.7 Å². The maximum absolute atomic E-state index is 11.5. The van der Waals surface area contributed by atoms with Gasteiger partial charge in [0.05, 0.1) is 5.02 Å². The third-order valence-electron chi connectivity index (χ3n) is 2.85. The summed E-state index contributed by atoms with van der Waals surface area (Å²) in [6.07, 6.45) is 0.723. The van der Waals surface area contributed by atoms with E-state index in [-0.39, 0.29) is 16.8 Å². The Morgan fingerprint density at radius 1 is 1.21 bits per heavy atom. The standard InChI is InChI=1S/C15H18Cl2N2O5/c1-3-9(2)18-15(22)19-13(20)7-24-14(21)8-23-12-5-4-10(16)6-11(12)17/h4-6,9H,3,7-8H2,1-2H3,(H2,18,19,20,22)/t9-/m0/s1. The third kappa shape index (κ3) is 7.52. The molecule has 0 aliphatic heterocycles. The van der Waals surface area contributed by atoms with Crippen LogP contribution < -0.4 is 15.4 Å². The van der Waals surface area contributed by atoms with E-state index in [2.05, 4.69) is 5.32 Å². The highest BCUT2D eigenvalue weighted by Crippen LogP contribution is 2.27. The summed E-state index contributed by atoms with van der Waals surface area (Å²) in [5.41, 5.74) is 0. The van der Waals surface area contributed by atoms with Crippen molar-refractivity contribution < 1.29 is 23.9 Å². The Morgan fingerprint density at radius 3 is 2.54 bits per heavy atom. The Morgan fingerprint density at radius 2 is 1.92 bits per heavy atom. The van der Waals surface area contributed by atoms with Crippen LogP contribution in [-0.2, 0) is 14.3 Å². The molecule has 1 aromatic carbocycles. The van der Waals surface area contributed by atoms with E-state index in [1.807, 2.05) is 12.2 Å². The van der Waals surface area contributed by atoms with Gasteiger partial charge in [0.1, 0.15) is 5.75 Å². The van der Waals surface area contributed by atoms with E-state index in [9.17, 15) is 14.4 Å². The molecule has 1 rings (SSSR count). The van der Waals surface area contributed by atoms with Gasteiger partial charge < -0.3 is 14.8 Å². The van der Waals surface area contributed by atoms with Crippen LogP contribution in [0.4, 0.5) is 4.79 Å². The van der Waals surface area contributed by atoms with E-state index >= 15 is 0 Å². The van der Waals surface area contributed by atoms with Gasteiger partial charge in [-0.05, 0) is 31.5 Å². The minimum absolute atomic E-state index is 0.0714. The maximum Gasteiger partial charge on any atom is 0.344 e. The first-order valence-electron chi connectivity index (χ1n) is 7.15. The second-order valence-corrected chi connectivity index (χ2v) is 5.70. The van der Waals surface area contributed by atoms with E-state index < -0.39 is 31.1 Å². The zero-order valence-electron chi connectivity index (χ0n) is 13.2. The molecule has 132 valence electrons. The normalized spacial score (nSPS) is 11.3. The average molecular weight is 377 g/mol. The number of ether oxygens (including phenoxy) is 2. The Labute approximate surface area is 149 Å². The second-order valence-electron chi connectivity index (χ2n) is 4.86. The molecular weight excluding hydrogens is 359 g/mol. The molecule has 9 heteroatoms. The van der Waals surface area contributed by atoms with Crippen molar-refractivity contribution in [2.24, 2.45) is 0 Å². The molecule has 0 bridgehead atoms. The summed E-state index contributed by atoms with van der Waals surface area (Å²) < 4.78 is 9.85. The number of amides is 3. The summed E-state index contributed by atoms with van der Waals surface area (Å²) in [4.78, 5) is 34.4. The number of carbonyl (C=O) groups excluding carboxylic acids is 3. The lowest BCUT2D eigenvalue weighted by Crippen LogP contribution is -2.44. The first-order valence-corrected chi connectivity index (χ1v) is 7.91. The molecule has 7 nitrogen and oxygen atoms in total. The molecule has 1 aromatic rings. The van der Waals surface area contributed by atoms with Gasteiger partial charge in [-0.1, -0.05) is 30.1 Å². The predicted molar refractivity (Wildman–Crippen MR) is 89.3 cm³/mol. The van der Waals surface area contributed by atoms with Crippen LogP contribution in [-0.4, -0.2) is 37.2 Å². The molecule has 0 aliphatic carbocycles. The second kappa shape index (κ2) is 10.00. The van der Waals surface area contributed by atoms with Crippen molar-refractivity contribution in [1.29, 1.82) is 0 Å². The topological polar surface area (TPSA) is 93.7 Å². The van der Waals surface area contributed by atoms with Crippen molar-refractivity contribution in [1.82, 2.24) is 10.6 Å². The Hall–Kier alpha value is -1.99. The maximum atomic E-state index is 11.5. The zero-order chi connectivity index (χ0) is 18.1. The van der Waals surface area contributed by atoms with Crippen molar-refractivity contribution in [3.05, 3.63) is 28.2 Å². The largest absolute Gasteiger partial charge is 0.480 e. The summed E-state index contributed by atoms with van der Waals surface area (Å²) in [7, 11) is 0. The van der Waals surface area contributed by atoms with Crippen LogP contribution in [0.25, 0.3) is 0 Å². The summed E-state index contributed by atoms with van der Waals surface area (Å²) >= 11 is 11.6. The summed E-state index contributed by atoms with van der Waals surface area (Å²) in [5.74, 6) is -1.26. The minimum Gasteiger partial charge on any atom is -0.480 e. The van der Waals surface area contributed by atoms with E-state index in [0.29, 0.717) is 5.02 Å². The Kier molecular flexibility index (Phi) is 8.35. The molecule has 0 saturated carbocycles. The molecule has 1 atom stereocenters. The lowest BCUT2D eigenvalue weighted by atomic mass is 10.3. The molecule has 0 heterocycles. The fourth-order valence-electron chi connectivity index (χ4n) is 1.44. The monoisotopic (exact) mass is 376 g/mol. The van der Waals surface area contributed by atoms with Crippen LogP contribution in [0.5, 0.6) is 5.75 Å². The molecule has 0 fully saturated rings. The number of urea groups is 1. The van der Waals surface area contributed by atoms with Crippen molar-refractivity contribution in [2.45, 2.75) is 26.3 Å². The van der Waals surface area contributed by atoms with Crippen LogP contribution in [0.2, 0.25) is 10.0 Å². The van der Waals surface area contributed by atoms with E-state index in [1.54, 1.807) is 13.0 Å². The molecule has 3 amide bonds. The first kappa shape index (κ1) is 20.1. The minimum atomic E-state index is -0.779. The quantitative estimate of drug-likeness (QED) is 0.713. The van der Waals surface area contributed by atoms with Gasteiger partial charge in [0.15, 0.2) is 13.2 Å². The molecule has 0 saturated heterocycles. The molecule has 24 heavy (non-hydrogen) atoms. The van der Waals surface area contributed by atoms with Gasteiger partial charge in [0.25, 0.3) is 5.91 Å². The fraction of sp³-hybridized carbons (Fsp3) is 0.400.